The lowest BCUT2D eigenvalue weighted by Crippen LogP contribution is -2.01. The van der Waals surface area contributed by atoms with E-state index in [1.54, 1.807) is 0 Å². The Labute approximate surface area is 124 Å². The molecule has 20 heavy (non-hydrogen) atoms. The van der Waals surface area contributed by atoms with E-state index in [0.717, 1.165) is 32.6 Å². The number of H-pyrrole nitrogens is 1. The van der Waals surface area contributed by atoms with E-state index < -0.39 is 0 Å². The number of nitrogens with zero attached hydrogens (tertiary/aromatic N) is 1. The molecule has 1 heterocycles. The third-order valence-electron chi connectivity index (χ3n) is 2.93. The zero-order valence-corrected chi connectivity index (χ0v) is 12.2. The average Bonchev–Trinajstić information content (AvgIpc) is 2.88. The first-order valence-electron chi connectivity index (χ1n) is 6.25. The summed E-state index contributed by atoms with van der Waals surface area (Å²) in [7, 11) is 0. The predicted molar refractivity (Wildman–Crippen MR) is 81.8 cm³/mol. The molecule has 0 unspecified atom stereocenters. The first-order chi connectivity index (χ1) is 9.76. The summed E-state index contributed by atoms with van der Waals surface area (Å²) in [5.74, 6) is 1.56. The van der Waals surface area contributed by atoms with Gasteiger partial charge in [-0.3, -0.25) is 0 Å². The van der Waals surface area contributed by atoms with Crippen LogP contribution in [0.25, 0.3) is 22.4 Å². The van der Waals surface area contributed by atoms with Gasteiger partial charge in [0.1, 0.15) is 18.2 Å². The number of aromatic amines is 1. The molecule has 5 heteroatoms. The van der Waals surface area contributed by atoms with E-state index in [2.05, 4.69) is 25.9 Å². The summed E-state index contributed by atoms with van der Waals surface area (Å²) in [6.45, 7) is 0.318. The van der Waals surface area contributed by atoms with Crippen LogP contribution < -0.4 is 4.74 Å². The molecule has 0 atom stereocenters. The highest BCUT2D eigenvalue weighted by Crippen LogP contribution is 2.24. The highest BCUT2D eigenvalue weighted by molar-refractivity contribution is 9.10. The molecular weight excluding hydrogens is 320 g/mol. The van der Waals surface area contributed by atoms with Crippen molar-refractivity contribution in [2.45, 2.75) is 0 Å². The van der Waals surface area contributed by atoms with Gasteiger partial charge in [0.2, 0.25) is 0 Å². The SMILES string of the molecule is OCCOc1ccc(-c2nc3ccc(Br)cc3[nH]2)cc1. The molecule has 0 amide bonds. The lowest BCUT2D eigenvalue weighted by Gasteiger charge is -2.04. The summed E-state index contributed by atoms with van der Waals surface area (Å²) >= 11 is 3.45. The van der Waals surface area contributed by atoms with E-state index in [4.69, 9.17) is 9.84 Å². The molecule has 0 fully saturated rings. The fraction of sp³-hybridized carbons (Fsp3) is 0.133. The van der Waals surface area contributed by atoms with Crippen LogP contribution in [0.4, 0.5) is 0 Å². The smallest absolute Gasteiger partial charge is 0.138 e. The van der Waals surface area contributed by atoms with Gasteiger partial charge in [0, 0.05) is 10.0 Å². The largest absolute Gasteiger partial charge is 0.491 e. The van der Waals surface area contributed by atoms with Gasteiger partial charge in [0.25, 0.3) is 0 Å². The zero-order valence-electron chi connectivity index (χ0n) is 10.6. The van der Waals surface area contributed by atoms with Crippen molar-refractivity contribution in [2.24, 2.45) is 0 Å². The number of rotatable bonds is 4. The van der Waals surface area contributed by atoms with Crippen molar-refractivity contribution in [3.8, 4) is 17.1 Å². The Morgan fingerprint density at radius 1 is 1.15 bits per heavy atom. The normalized spacial score (nSPS) is 10.9. The van der Waals surface area contributed by atoms with Crippen LogP contribution in [0.5, 0.6) is 5.75 Å². The molecule has 4 nitrogen and oxygen atoms in total. The third kappa shape index (κ3) is 2.69. The molecule has 0 saturated heterocycles. The van der Waals surface area contributed by atoms with Gasteiger partial charge in [0.05, 0.1) is 17.6 Å². The Kier molecular flexibility index (Phi) is 3.71. The molecule has 0 saturated carbocycles. The van der Waals surface area contributed by atoms with Crippen LogP contribution in [0.15, 0.2) is 46.9 Å². The maximum absolute atomic E-state index is 8.72. The summed E-state index contributed by atoms with van der Waals surface area (Å²) in [6, 6.07) is 13.6. The summed E-state index contributed by atoms with van der Waals surface area (Å²) in [5, 5.41) is 8.72. The first-order valence-corrected chi connectivity index (χ1v) is 7.05. The molecule has 0 radical (unpaired) electrons. The van der Waals surface area contributed by atoms with Crippen molar-refractivity contribution >= 4 is 27.0 Å². The van der Waals surface area contributed by atoms with Crippen LogP contribution in [-0.4, -0.2) is 28.3 Å². The van der Waals surface area contributed by atoms with Gasteiger partial charge in [-0.05, 0) is 42.5 Å². The minimum atomic E-state index is 0.0141. The van der Waals surface area contributed by atoms with Gasteiger partial charge in [-0.25, -0.2) is 4.98 Å². The molecule has 1 aromatic heterocycles. The number of fused-ring (bicyclic) bond motifs is 1. The number of aliphatic hydroxyl groups excluding tert-OH is 1. The number of aliphatic hydroxyl groups is 1. The van der Waals surface area contributed by atoms with Crippen molar-refractivity contribution in [1.29, 1.82) is 0 Å². The van der Waals surface area contributed by atoms with Crippen LogP contribution in [-0.2, 0) is 0 Å². The second-order valence-corrected chi connectivity index (χ2v) is 5.26. The minimum Gasteiger partial charge on any atom is -0.491 e. The maximum Gasteiger partial charge on any atom is 0.138 e. The zero-order chi connectivity index (χ0) is 13.9. The van der Waals surface area contributed by atoms with Crippen LogP contribution in [0.3, 0.4) is 0 Å². The van der Waals surface area contributed by atoms with Crippen molar-refractivity contribution in [1.82, 2.24) is 9.97 Å². The Bertz CT molecular complexity index is 722. The highest BCUT2D eigenvalue weighted by atomic mass is 79.9. The highest BCUT2D eigenvalue weighted by Gasteiger charge is 2.05. The quantitative estimate of drug-likeness (QED) is 0.770. The Hall–Kier alpha value is -1.85. The van der Waals surface area contributed by atoms with Gasteiger partial charge in [0.15, 0.2) is 0 Å². The second-order valence-electron chi connectivity index (χ2n) is 4.34. The summed E-state index contributed by atoms with van der Waals surface area (Å²) in [6.07, 6.45) is 0. The molecule has 2 N–H and O–H groups in total. The van der Waals surface area contributed by atoms with Gasteiger partial charge in [-0.15, -0.1) is 0 Å². The van der Waals surface area contributed by atoms with Crippen molar-refractivity contribution < 1.29 is 9.84 Å². The first kappa shape index (κ1) is 13.1. The fourth-order valence-electron chi connectivity index (χ4n) is 1.99. The number of nitrogens with one attached hydrogen (secondary N) is 1. The number of halogens is 1. The van der Waals surface area contributed by atoms with Crippen molar-refractivity contribution in [3.63, 3.8) is 0 Å². The number of hydrogen-bond donors (Lipinski definition) is 2. The van der Waals surface area contributed by atoms with Crippen molar-refractivity contribution in [2.75, 3.05) is 13.2 Å². The van der Waals surface area contributed by atoms with E-state index in [1.165, 1.54) is 0 Å². The minimum absolute atomic E-state index is 0.0141. The fourth-order valence-corrected chi connectivity index (χ4v) is 2.35. The topological polar surface area (TPSA) is 58.1 Å². The maximum atomic E-state index is 8.72. The van der Waals surface area contributed by atoms with E-state index in [0.29, 0.717) is 6.61 Å². The average molecular weight is 333 g/mol. The van der Waals surface area contributed by atoms with E-state index in [-0.39, 0.29) is 6.61 Å². The van der Waals surface area contributed by atoms with Crippen LogP contribution in [0.1, 0.15) is 0 Å². The van der Waals surface area contributed by atoms with Gasteiger partial charge in [-0.1, -0.05) is 15.9 Å². The van der Waals surface area contributed by atoms with Gasteiger partial charge >= 0.3 is 0 Å². The Morgan fingerprint density at radius 2 is 1.95 bits per heavy atom. The molecule has 2 aromatic carbocycles. The molecule has 3 rings (SSSR count). The van der Waals surface area contributed by atoms with Crippen LogP contribution in [0, 0.1) is 0 Å². The lowest BCUT2D eigenvalue weighted by molar-refractivity contribution is 0.201. The molecule has 0 aliphatic rings. The van der Waals surface area contributed by atoms with Crippen LogP contribution >= 0.6 is 15.9 Å². The number of ether oxygens (including phenoxy) is 1. The second kappa shape index (κ2) is 5.64. The predicted octanol–water partition coefficient (Wildman–Crippen LogP) is 3.36. The molecule has 102 valence electrons. The molecule has 0 bridgehead atoms. The molecule has 0 aliphatic carbocycles. The Balaban J connectivity index is 1.90. The number of aromatic nitrogens is 2. The number of hydrogen-bond acceptors (Lipinski definition) is 3. The van der Waals surface area contributed by atoms with Gasteiger partial charge in [-0.2, -0.15) is 0 Å². The monoisotopic (exact) mass is 332 g/mol. The third-order valence-corrected chi connectivity index (χ3v) is 3.42. The molecule has 3 aromatic rings. The summed E-state index contributed by atoms with van der Waals surface area (Å²) < 4.78 is 6.36. The number of benzene rings is 2. The van der Waals surface area contributed by atoms with E-state index in [9.17, 15) is 0 Å². The molecule has 0 aliphatic heterocycles. The van der Waals surface area contributed by atoms with E-state index >= 15 is 0 Å². The van der Waals surface area contributed by atoms with Crippen LogP contribution in [0.2, 0.25) is 0 Å². The summed E-state index contributed by atoms with van der Waals surface area (Å²) in [5.41, 5.74) is 2.92. The molecular formula is C15H13BrN2O2. The molecule has 0 spiro atoms. The van der Waals surface area contributed by atoms with Gasteiger partial charge < -0.3 is 14.8 Å². The Morgan fingerprint density at radius 3 is 2.70 bits per heavy atom. The summed E-state index contributed by atoms with van der Waals surface area (Å²) in [4.78, 5) is 7.85. The number of imidazole rings is 1. The standard InChI is InChI=1S/C15H13BrN2O2/c16-11-3-6-13-14(9-11)18-15(17-13)10-1-4-12(5-2-10)20-8-7-19/h1-6,9,19H,7-8H2,(H,17,18). The lowest BCUT2D eigenvalue weighted by atomic mass is 10.2. The van der Waals surface area contributed by atoms with E-state index in [1.807, 2.05) is 42.5 Å². The van der Waals surface area contributed by atoms with Crippen molar-refractivity contribution in [3.05, 3.63) is 46.9 Å².